The van der Waals surface area contributed by atoms with Gasteiger partial charge in [0.05, 0.1) is 21.3 Å². The molecule has 2 heterocycles. The van der Waals surface area contributed by atoms with Gasteiger partial charge in [0, 0.05) is 50.2 Å². The Morgan fingerprint density at radius 2 is 1.73 bits per heavy atom. The van der Waals surface area contributed by atoms with Crippen LogP contribution in [0.2, 0.25) is 0 Å². The lowest BCUT2D eigenvalue weighted by Crippen LogP contribution is -2.51. The van der Waals surface area contributed by atoms with Crippen molar-refractivity contribution in [3.63, 3.8) is 0 Å². The first-order chi connectivity index (χ1) is 12.7. The molecule has 1 aliphatic heterocycles. The predicted molar refractivity (Wildman–Crippen MR) is 100 cm³/mol. The number of anilines is 1. The van der Waals surface area contributed by atoms with Crippen molar-refractivity contribution in [1.29, 1.82) is 0 Å². The van der Waals surface area contributed by atoms with Gasteiger partial charge in [-0.25, -0.2) is 9.97 Å². The second-order valence-electron chi connectivity index (χ2n) is 6.31. The second kappa shape index (κ2) is 8.23. The predicted octanol–water partition coefficient (Wildman–Crippen LogP) is 2.21. The van der Waals surface area contributed by atoms with E-state index in [0.29, 0.717) is 17.5 Å². The number of piperazine rings is 1. The van der Waals surface area contributed by atoms with E-state index in [1.807, 2.05) is 18.2 Å². The zero-order valence-corrected chi connectivity index (χ0v) is 15.8. The lowest BCUT2D eigenvalue weighted by atomic mass is 10.1. The van der Waals surface area contributed by atoms with Crippen LogP contribution in [-0.2, 0) is 6.54 Å². The number of benzene rings is 1. The monoisotopic (exact) mass is 358 g/mol. The third-order valence-corrected chi connectivity index (χ3v) is 4.76. The quantitative estimate of drug-likeness (QED) is 0.785. The normalized spacial score (nSPS) is 17.8. The molecule has 0 bridgehead atoms. The molecule has 1 aromatic carbocycles. The molecule has 3 rings (SSSR count). The maximum atomic E-state index is 5.62. The molecule has 0 aliphatic carbocycles. The largest absolute Gasteiger partial charge is 0.493 e. The molecule has 1 fully saturated rings. The molecule has 0 spiro atoms. The van der Waals surface area contributed by atoms with E-state index in [1.54, 1.807) is 33.7 Å². The molecule has 1 saturated heterocycles. The third kappa shape index (κ3) is 3.67. The van der Waals surface area contributed by atoms with Gasteiger partial charge in [-0.05, 0) is 19.1 Å². The van der Waals surface area contributed by atoms with Crippen molar-refractivity contribution in [1.82, 2.24) is 14.9 Å². The van der Waals surface area contributed by atoms with Crippen molar-refractivity contribution in [3.8, 4) is 17.2 Å². The van der Waals surface area contributed by atoms with Crippen LogP contribution < -0.4 is 19.1 Å². The number of aromatic nitrogens is 2. The van der Waals surface area contributed by atoms with Crippen LogP contribution in [0, 0.1) is 0 Å². The molecule has 1 unspecified atom stereocenters. The number of hydrogen-bond acceptors (Lipinski definition) is 7. The molecule has 140 valence electrons. The maximum Gasteiger partial charge on any atom is 0.225 e. The van der Waals surface area contributed by atoms with E-state index in [0.717, 1.165) is 43.4 Å². The van der Waals surface area contributed by atoms with Crippen molar-refractivity contribution in [2.45, 2.75) is 19.5 Å². The van der Waals surface area contributed by atoms with Gasteiger partial charge in [-0.2, -0.15) is 0 Å². The highest BCUT2D eigenvalue weighted by atomic mass is 16.5. The van der Waals surface area contributed by atoms with E-state index in [4.69, 9.17) is 14.2 Å². The van der Waals surface area contributed by atoms with E-state index < -0.39 is 0 Å². The summed E-state index contributed by atoms with van der Waals surface area (Å²) in [6.45, 7) is 5.72. The lowest BCUT2D eigenvalue weighted by molar-refractivity contribution is 0.177. The Morgan fingerprint density at radius 1 is 1.00 bits per heavy atom. The van der Waals surface area contributed by atoms with E-state index in [-0.39, 0.29) is 0 Å². The average molecular weight is 358 g/mol. The molecule has 7 heteroatoms. The topological polar surface area (TPSA) is 60.0 Å². The lowest BCUT2D eigenvalue weighted by Gasteiger charge is -2.40. The standard InChI is InChI=1S/C19H26N4O3/c1-14-12-23(19-20-8-5-9-21-19)11-10-22(14)13-15-6-7-16(24-2)18(26-4)17(15)25-3/h5-9,14H,10-13H2,1-4H3. The summed E-state index contributed by atoms with van der Waals surface area (Å²) < 4.78 is 16.5. The Balaban J connectivity index is 1.74. The SMILES string of the molecule is COc1ccc(CN2CCN(c3ncccn3)CC2C)c(OC)c1OC. The molecule has 0 amide bonds. The highest BCUT2D eigenvalue weighted by Gasteiger charge is 2.27. The van der Waals surface area contributed by atoms with Crippen LogP contribution in [0.4, 0.5) is 5.95 Å². The summed E-state index contributed by atoms with van der Waals surface area (Å²) in [6.07, 6.45) is 3.57. The highest BCUT2D eigenvalue weighted by molar-refractivity contribution is 5.55. The summed E-state index contributed by atoms with van der Waals surface area (Å²) in [5.41, 5.74) is 1.08. The van der Waals surface area contributed by atoms with Crippen molar-refractivity contribution in [2.75, 3.05) is 45.9 Å². The zero-order valence-electron chi connectivity index (χ0n) is 15.8. The first-order valence-electron chi connectivity index (χ1n) is 8.71. The Kier molecular flexibility index (Phi) is 5.78. The van der Waals surface area contributed by atoms with Crippen LogP contribution in [0.25, 0.3) is 0 Å². The fourth-order valence-corrected chi connectivity index (χ4v) is 3.37. The van der Waals surface area contributed by atoms with Crippen molar-refractivity contribution in [3.05, 3.63) is 36.2 Å². The van der Waals surface area contributed by atoms with E-state index in [2.05, 4.69) is 26.7 Å². The van der Waals surface area contributed by atoms with Crippen LogP contribution in [0.3, 0.4) is 0 Å². The molecule has 2 aromatic rings. The van der Waals surface area contributed by atoms with Gasteiger partial charge in [-0.3, -0.25) is 4.90 Å². The van der Waals surface area contributed by atoms with Crippen molar-refractivity contribution >= 4 is 5.95 Å². The third-order valence-electron chi connectivity index (χ3n) is 4.76. The van der Waals surface area contributed by atoms with Gasteiger partial charge < -0.3 is 19.1 Å². The molecule has 0 saturated carbocycles. The first-order valence-corrected chi connectivity index (χ1v) is 8.71. The minimum atomic E-state index is 0.366. The number of nitrogens with zero attached hydrogens (tertiary/aromatic N) is 4. The van der Waals surface area contributed by atoms with Crippen molar-refractivity contribution < 1.29 is 14.2 Å². The number of ether oxygens (including phenoxy) is 3. The van der Waals surface area contributed by atoms with Gasteiger partial charge >= 0.3 is 0 Å². The Bertz CT molecular complexity index is 726. The van der Waals surface area contributed by atoms with Gasteiger partial charge in [-0.1, -0.05) is 6.07 Å². The van der Waals surface area contributed by atoms with Gasteiger partial charge in [-0.15, -0.1) is 0 Å². The zero-order chi connectivity index (χ0) is 18.5. The molecule has 0 N–H and O–H groups in total. The van der Waals surface area contributed by atoms with Gasteiger partial charge in [0.2, 0.25) is 11.7 Å². The summed E-state index contributed by atoms with van der Waals surface area (Å²) in [7, 11) is 4.92. The van der Waals surface area contributed by atoms with Gasteiger partial charge in [0.15, 0.2) is 11.5 Å². The maximum absolute atomic E-state index is 5.62. The van der Waals surface area contributed by atoms with Crippen LogP contribution >= 0.6 is 0 Å². The fourth-order valence-electron chi connectivity index (χ4n) is 3.37. The number of hydrogen-bond donors (Lipinski definition) is 0. The second-order valence-corrected chi connectivity index (χ2v) is 6.31. The molecule has 1 aliphatic rings. The minimum Gasteiger partial charge on any atom is -0.493 e. The van der Waals surface area contributed by atoms with Gasteiger partial charge in [0.1, 0.15) is 0 Å². The first kappa shape index (κ1) is 18.3. The molecular weight excluding hydrogens is 332 g/mol. The Hall–Kier alpha value is -2.54. The molecule has 7 nitrogen and oxygen atoms in total. The summed E-state index contributed by atoms with van der Waals surface area (Å²) in [6, 6.07) is 6.17. The molecular formula is C19H26N4O3. The molecule has 1 atom stereocenters. The van der Waals surface area contributed by atoms with E-state index in [9.17, 15) is 0 Å². The van der Waals surface area contributed by atoms with Gasteiger partial charge in [0.25, 0.3) is 0 Å². The Morgan fingerprint density at radius 3 is 2.35 bits per heavy atom. The molecule has 26 heavy (non-hydrogen) atoms. The molecule has 1 aromatic heterocycles. The smallest absolute Gasteiger partial charge is 0.225 e. The summed E-state index contributed by atoms with van der Waals surface area (Å²) in [5, 5.41) is 0. The summed E-state index contributed by atoms with van der Waals surface area (Å²) >= 11 is 0. The number of methoxy groups -OCH3 is 3. The summed E-state index contributed by atoms with van der Waals surface area (Å²) in [5.74, 6) is 2.83. The van der Waals surface area contributed by atoms with E-state index in [1.165, 1.54) is 0 Å². The van der Waals surface area contributed by atoms with Crippen LogP contribution in [0.1, 0.15) is 12.5 Å². The summed E-state index contributed by atoms with van der Waals surface area (Å²) in [4.78, 5) is 13.4. The Labute approximate surface area is 154 Å². The highest BCUT2D eigenvalue weighted by Crippen LogP contribution is 2.40. The fraction of sp³-hybridized carbons (Fsp3) is 0.474. The van der Waals surface area contributed by atoms with Crippen LogP contribution in [-0.4, -0.2) is 61.9 Å². The minimum absolute atomic E-state index is 0.366. The van der Waals surface area contributed by atoms with Crippen molar-refractivity contribution in [2.24, 2.45) is 0 Å². The number of rotatable bonds is 6. The average Bonchev–Trinajstić information content (AvgIpc) is 2.69. The van der Waals surface area contributed by atoms with Crippen LogP contribution in [0.5, 0.6) is 17.2 Å². The van der Waals surface area contributed by atoms with E-state index >= 15 is 0 Å². The molecule has 0 radical (unpaired) electrons. The van der Waals surface area contributed by atoms with Crippen LogP contribution in [0.15, 0.2) is 30.6 Å².